The molecular weight excluding hydrogens is 360 g/mol. The van der Waals surface area contributed by atoms with E-state index in [9.17, 15) is 16.8 Å². The number of benzene rings is 2. The molecule has 2 aromatic carbocycles. The van der Waals surface area contributed by atoms with Crippen LogP contribution < -0.4 is 10.0 Å². The molecule has 1 atom stereocenters. The molecule has 0 aliphatic carbocycles. The Bertz CT molecular complexity index is 951. The van der Waals surface area contributed by atoms with E-state index in [1.54, 1.807) is 48.5 Å². The molecule has 1 heterocycles. The van der Waals surface area contributed by atoms with Gasteiger partial charge in [-0.2, -0.15) is 0 Å². The third-order valence-corrected chi connectivity index (χ3v) is 7.24. The summed E-state index contributed by atoms with van der Waals surface area (Å²) in [6.45, 7) is 1.89. The second-order valence-electron chi connectivity index (χ2n) is 6.24. The monoisotopic (exact) mass is 380 g/mol. The molecule has 25 heavy (non-hydrogen) atoms. The van der Waals surface area contributed by atoms with Crippen molar-refractivity contribution in [1.82, 2.24) is 0 Å². The van der Waals surface area contributed by atoms with Gasteiger partial charge in [-0.3, -0.25) is 4.72 Å². The lowest BCUT2D eigenvalue weighted by atomic mass is 10.2. The number of rotatable bonds is 5. The van der Waals surface area contributed by atoms with Crippen molar-refractivity contribution in [2.75, 3.05) is 21.5 Å². The third-order valence-electron chi connectivity index (χ3n) is 4.07. The zero-order valence-electron chi connectivity index (χ0n) is 13.8. The van der Waals surface area contributed by atoms with Crippen LogP contribution in [0.2, 0.25) is 0 Å². The summed E-state index contributed by atoms with van der Waals surface area (Å²) in [4.78, 5) is 0.205. The summed E-state index contributed by atoms with van der Waals surface area (Å²) in [5, 5.41) is 3.17. The van der Waals surface area contributed by atoms with Gasteiger partial charge in [0, 0.05) is 17.4 Å². The van der Waals surface area contributed by atoms with Crippen LogP contribution in [0.1, 0.15) is 12.0 Å². The molecule has 8 heteroatoms. The summed E-state index contributed by atoms with van der Waals surface area (Å²) < 4.78 is 50.2. The molecule has 1 saturated heterocycles. The van der Waals surface area contributed by atoms with E-state index in [0.717, 1.165) is 11.3 Å². The lowest BCUT2D eigenvalue weighted by Crippen LogP contribution is -2.20. The zero-order valence-corrected chi connectivity index (χ0v) is 15.4. The quantitative estimate of drug-likeness (QED) is 0.831. The third kappa shape index (κ3) is 4.52. The minimum atomic E-state index is -3.63. The molecule has 0 radical (unpaired) electrons. The van der Waals surface area contributed by atoms with Crippen LogP contribution in [0.5, 0.6) is 0 Å². The minimum absolute atomic E-state index is 0.0971. The number of aryl methyl sites for hydroxylation is 1. The largest absolute Gasteiger partial charge is 0.381 e. The molecule has 134 valence electrons. The summed E-state index contributed by atoms with van der Waals surface area (Å²) in [5.74, 6) is 0.341. The van der Waals surface area contributed by atoms with Gasteiger partial charge in [-0.05, 0) is 49.7 Å². The second kappa shape index (κ2) is 6.68. The van der Waals surface area contributed by atoms with Crippen molar-refractivity contribution >= 4 is 31.2 Å². The summed E-state index contributed by atoms with van der Waals surface area (Å²) in [6, 6.07) is 13.3. The van der Waals surface area contributed by atoms with Crippen molar-refractivity contribution in [3.8, 4) is 0 Å². The van der Waals surface area contributed by atoms with E-state index >= 15 is 0 Å². The fraction of sp³-hybridized carbons (Fsp3) is 0.294. The molecule has 0 saturated carbocycles. The Morgan fingerprint density at radius 1 is 0.960 bits per heavy atom. The highest BCUT2D eigenvalue weighted by molar-refractivity contribution is 7.92. The maximum atomic E-state index is 12.4. The average molecular weight is 380 g/mol. The predicted octanol–water partition coefficient (Wildman–Crippen LogP) is 2.39. The van der Waals surface area contributed by atoms with E-state index in [0.29, 0.717) is 12.1 Å². The van der Waals surface area contributed by atoms with Crippen molar-refractivity contribution in [3.63, 3.8) is 0 Å². The van der Waals surface area contributed by atoms with Crippen LogP contribution in [0.15, 0.2) is 53.4 Å². The first-order valence-electron chi connectivity index (χ1n) is 7.90. The lowest BCUT2D eigenvalue weighted by molar-refractivity contribution is 0.599. The molecule has 2 aromatic rings. The molecule has 1 aliphatic heterocycles. The van der Waals surface area contributed by atoms with E-state index in [-0.39, 0.29) is 22.4 Å². The Hall–Kier alpha value is -2.06. The van der Waals surface area contributed by atoms with E-state index in [4.69, 9.17) is 0 Å². The Morgan fingerprint density at radius 3 is 2.12 bits per heavy atom. The molecule has 1 fully saturated rings. The number of anilines is 2. The molecule has 0 spiro atoms. The molecular formula is C17H20N2O4S2. The van der Waals surface area contributed by atoms with E-state index in [1.165, 1.54) is 0 Å². The van der Waals surface area contributed by atoms with Crippen LogP contribution in [0.3, 0.4) is 0 Å². The molecule has 2 N–H and O–H groups in total. The first-order valence-corrected chi connectivity index (χ1v) is 11.2. The molecule has 3 rings (SSSR count). The van der Waals surface area contributed by atoms with E-state index in [1.807, 2.05) is 6.92 Å². The Labute approximate surface area is 148 Å². The van der Waals surface area contributed by atoms with Crippen molar-refractivity contribution in [2.24, 2.45) is 0 Å². The summed E-state index contributed by atoms with van der Waals surface area (Å²) >= 11 is 0. The molecule has 0 amide bonds. The number of sulfonamides is 1. The van der Waals surface area contributed by atoms with Gasteiger partial charge in [-0.15, -0.1) is 0 Å². The maximum Gasteiger partial charge on any atom is 0.261 e. The maximum absolute atomic E-state index is 12.4. The highest BCUT2D eigenvalue weighted by Crippen LogP contribution is 2.21. The van der Waals surface area contributed by atoms with Crippen LogP contribution in [-0.2, 0) is 19.9 Å². The first-order chi connectivity index (χ1) is 11.7. The van der Waals surface area contributed by atoms with Gasteiger partial charge in [0.2, 0.25) is 0 Å². The average Bonchev–Trinajstić information content (AvgIpc) is 2.88. The molecule has 1 aliphatic rings. The smallest absolute Gasteiger partial charge is 0.261 e. The first kappa shape index (κ1) is 17.8. The van der Waals surface area contributed by atoms with Gasteiger partial charge in [-0.1, -0.05) is 17.7 Å². The van der Waals surface area contributed by atoms with Crippen LogP contribution in [0.4, 0.5) is 11.4 Å². The lowest BCUT2D eigenvalue weighted by Gasteiger charge is -2.13. The topological polar surface area (TPSA) is 92.3 Å². The number of hydrogen-bond donors (Lipinski definition) is 2. The Kier molecular flexibility index (Phi) is 4.75. The van der Waals surface area contributed by atoms with E-state index in [2.05, 4.69) is 10.0 Å². The SMILES string of the molecule is Cc1ccc(S(=O)(=O)Nc2ccc(NC3CCS(=O)(=O)C3)cc2)cc1. The van der Waals surface area contributed by atoms with Crippen LogP contribution >= 0.6 is 0 Å². The number of hydrogen-bond acceptors (Lipinski definition) is 5. The standard InChI is InChI=1S/C17H20N2O4S2/c1-13-2-8-17(9-3-13)25(22,23)19-15-6-4-14(5-7-15)18-16-10-11-24(20,21)12-16/h2-9,16,18-19H,10-12H2,1H3. The van der Waals surface area contributed by atoms with Crippen LogP contribution in [-0.4, -0.2) is 34.4 Å². The second-order valence-corrected chi connectivity index (χ2v) is 10.2. The molecule has 1 unspecified atom stereocenters. The van der Waals surface area contributed by atoms with Gasteiger partial charge in [-0.25, -0.2) is 16.8 Å². The van der Waals surface area contributed by atoms with Gasteiger partial charge in [0.15, 0.2) is 9.84 Å². The molecule has 6 nitrogen and oxygen atoms in total. The Balaban J connectivity index is 1.67. The number of nitrogens with one attached hydrogen (secondary N) is 2. The van der Waals surface area contributed by atoms with Gasteiger partial charge in [0.1, 0.15) is 0 Å². The van der Waals surface area contributed by atoms with E-state index < -0.39 is 19.9 Å². The fourth-order valence-electron chi connectivity index (χ4n) is 2.71. The van der Waals surface area contributed by atoms with Crippen molar-refractivity contribution in [2.45, 2.75) is 24.3 Å². The molecule has 0 aromatic heterocycles. The normalized spacial score (nSPS) is 19.5. The van der Waals surface area contributed by atoms with Gasteiger partial charge < -0.3 is 5.32 Å². The summed E-state index contributed by atoms with van der Waals surface area (Å²) in [5.41, 5.74) is 2.20. The van der Waals surface area contributed by atoms with Crippen molar-refractivity contribution in [1.29, 1.82) is 0 Å². The summed E-state index contributed by atoms with van der Waals surface area (Å²) in [6.07, 6.45) is 0.587. The summed E-state index contributed by atoms with van der Waals surface area (Å²) in [7, 11) is -6.57. The zero-order chi connectivity index (χ0) is 18.1. The highest BCUT2D eigenvalue weighted by Gasteiger charge is 2.27. The fourth-order valence-corrected chi connectivity index (χ4v) is 5.44. The molecule has 0 bridgehead atoms. The van der Waals surface area contributed by atoms with Gasteiger partial charge in [0.25, 0.3) is 10.0 Å². The highest BCUT2D eigenvalue weighted by atomic mass is 32.2. The van der Waals surface area contributed by atoms with Gasteiger partial charge in [0.05, 0.1) is 16.4 Å². The Morgan fingerprint density at radius 2 is 1.56 bits per heavy atom. The predicted molar refractivity (Wildman–Crippen MR) is 99.1 cm³/mol. The number of sulfone groups is 1. The van der Waals surface area contributed by atoms with Crippen LogP contribution in [0, 0.1) is 6.92 Å². The van der Waals surface area contributed by atoms with Crippen molar-refractivity contribution < 1.29 is 16.8 Å². The van der Waals surface area contributed by atoms with Gasteiger partial charge >= 0.3 is 0 Å². The minimum Gasteiger partial charge on any atom is -0.381 e. The van der Waals surface area contributed by atoms with Crippen molar-refractivity contribution in [3.05, 3.63) is 54.1 Å². The van der Waals surface area contributed by atoms with Crippen LogP contribution in [0.25, 0.3) is 0 Å².